The first-order chi connectivity index (χ1) is 8.06. The topological polar surface area (TPSA) is 54.0 Å². The molecule has 0 aliphatic carbocycles. The van der Waals surface area contributed by atoms with Crippen molar-refractivity contribution in [1.29, 1.82) is 0 Å². The molecule has 17 heavy (non-hydrogen) atoms. The molecule has 0 fully saturated rings. The highest BCUT2D eigenvalue weighted by atomic mass is 16.9. The van der Waals surface area contributed by atoms with E-state index in [0.717, 1.165) is 6.08 Å². The Labute approximate surface area is 103 Å². The lowest BCUT2D eigenvalue weighted by Crippen LogP contribution is -2.50. The molecule has 0 bridgehead atoms. The molecule has 0 amide bonds. The number of hydrogen-bond acceptors (Lipinski definition) is 5. The highest BCUT2D eigenvalue weighted by Gasteiger charge is 2.42. The molecular weight excluding hydrogens is 224 g/mol. The van der Waals surface area contributed by atoms with Crippen LogP contribution >= 0.6 is 0 Å². The normalized spacial score (nSPS) is 13.2. The van der Waals surface area contributed by atoms with Gasteiger partial charge < -0.3 is 18.9 Å². The van der Waals surface area contributed by atoms with Crippen LogP contribution in [0.3, 0.4) is 0 Å². The molecule has 0 aromatic carbocycles. The van der Waals surface area contributed by atoms with E-state index in [0.29, 0.717) is 19.8 Å². The van der Waals surface area contributed by atoms with Gasteiger partial charge in [0.1, 0.15) is 0 Å². The summed E-state index contributed by atoms with van der Waals surface area (Å²) in [6.45, 7) is 11.6. The minimum absolute atomic E-state index is 0.385. The highest BCUT2D eigenvalue weighted by molar-refractivity contribution is 5.81. The Kier molecular flexibility index (Phi) is 7.78. The second-order valence-corrected chi connectivity index (χ2v) is 3.19. The van der Waals surface area contributed by atoms with Crippen molar-refractivity contribution in [2.45, 2.75) is 39.8 Å². The lowest BCUT2D eigenvalue weighted by Gasteiger charge is -2.36. The second-order valence-electron chi connectivity index (χ2n) is 3.19. The number of carbonyl (C=O) groups excluding carboxylic acids is 1. The van der Waals surface area contributed by atoms with E-state index in [-0.39, 0.29) is 0 Å². The highest BCUT2D eigenvalue weighted by Crippen LogP contribution is 2.23. The van der Waals surface area contributed by atoms with Crippen molar-refractivity contribution in [1.82, 2.24) is 0 Å². The van der Waals surface area contributed by atoms with Gasteiger partial charge in [-0.2, -0.15) is 0 Å². The number of ether oxygens (including phenoxy) is 4. The Balaban J connectivity index is 4.82. The van der Waals surface area contributed by atoms with Gasteiger partial charge in [-0.25, -0.2) is 4.79 Å². The van der Waals surface area contributed by atoms with Crippen LogP contribution in [0.25, 0.3) is 0 Å². The summed E-state index contributed by atoms with van der Waals surface area (Å²) in [6, 6.07) is 0. The van der Waals surface area contributed by atoms with Crippen LogP contribution in [0.1, 0.15) is 27.7 Å². The number of rotatable bonds is 9. The largest absolute Gasteiger partial charge is 0.451 e. The molecule has 0 aliphatic heterocycles. The standard InChI is InChI=1S/C12H22O5/c1-6-11(13)17-10(5)12(14-7-2,15-8-3)16-9-4/h6,10H,1,7-9H2,2-5H3. The molecule has 0 heterocycles. The van der Waals surface area contributed by atoms with Gasteiger partial charge in [0.2, 0.25) is 0 Å². The van der Waals surface area contributed by atoms with E-state index in [2.05, 4.69) is 6.58 Å². The van der Waals surface area contributed by atoms with Gasteiger partial charge in [-0.15, -0.1) is 0 Å². The summed E-state index contributed by atoms with van der Waals surface area (Å²) in [6.07, 6.45) is 0.401. The van der Waals surface area contributed by atoms with Gasteiger partial charge >= 0.3 is 11.9 Å². The smallest absolute Gasteiger partial charge is 0.330 e. The number of carbonyl (C=O) groups is 1. The number of esters is 1. The average molecular weight is 246 g/mol. The summed E-state index contributed by atoms with van der Waals surface area (Å²) in [4.78, 5) is 11.2. The zero-order valence-electron chi connectivity index (χ0n) is 11.0. The van der Waals surface area contributed by atoms with Crippen LogP contribution in [0.15, 0.2) is 12.7 Å². The van der Waals surface area contributed by atoms with Crippen molar-refractivity contribution in [2.24, 2.45) is 0 Å². The molecule has 0 aliphatic rings. The predicted octanol–water partition coefficient (Wildman–Crippen LogP) is 1.87. The molecule has 1 unspecified atom stereocenters. The minimum atomic E-state index is -1.35. The lowest BCUT2D eigenvalue weighted by molar-refractivity contribution is -0.407. The van der Waals surface area contributed by atoms with E-state index >= 15 is 0 Å². The van der Waals surface area contributed by atoms with Crippen molar-refractivity contribution in [3.63, 3.8) is 0 Å². The van der Waals surface area contributed by atoms with E-state index < -0.39 is 18.0 Å². The molecular formula is C12H22O5. The molecule has 5 nitrogen and oxygen atoms in total. The average Bonchev–Trinajstić information content (AvgIpc) is 2.29. The third-order valence-corrected chi connectivity index (χ3v) is 1.99. The summed E-state index contributed by atoms with van der Waals surface area (Å²) in [5, 5.41) is 0. The predicted molar refractivity (Wildman–Crippen MR) is 63.4 cm³/mol. The van der Waals surface area contributed by atoms with Crippen LogP contribution in [-0.4, -0.2) is 37.9 Å². The molecule has 100 valence electrons. The van der Waals surface area contributed by atoms with Gasteiger partial charge in [-0.3, -0.25) is 0 Å². The fourth-order valence-corrected chi connectivity index (χ4v) is 1.38. The Morgan fingerprint density at radius 3 is 1.88 bits per heavy atom. The van der Waals surface area contributed by atoms with Crippen LogP contribution in [-0.2, 0) is 23.7 Å². The maximum atomic E-state index is 11.2. The third-order valence-electron chi connectivity index (χ3n) is 1.99. The molecule has 0 saturated carbocycles. The maximum absolute atomic E-state index is 11.2. The van der Waals surface area contributed by atoms with E-state index in [1.807, 2.05) is 20.8 Å². The third kappa shape index (κ3) is 4.85. The summed E-state index contributed by atoms with van der Waals surface area (Å²) in [5.41, 5.74) is 0. The molecule has 0 aromatic heterocycles. The minimum Gasteiger partial charge on any atom is -0.451 e. The van der Waals surface area contributed by atoms with Crippen LogP contribution in [0, 0.1) is 0 Å². The van der Waals surface area contributed by atoms with Gasteiger partial charge in [0.25, 0.3) is 0 Å². The molecule has 0 N–H and O–H groups in total. The molecule has 0 aromatic rings. The molecule has 5 heteroatoms. The second kappa shape index (κ2) is 8.22. The Bertz CT molecular complexity index is 222. The zero-order chi connectivity index (χ0) is 13.3. The van der Waals surface area contributed by atoms with Gasteiger partial charge in [-0.1, -0.05) is 6.58 Å². The summed E-state index contributed by atoms with van der Waals surface area (Å²) in [5.74, 6) is -1.89. The van der Waals surface area contributed by atoms with Crippen LogP contribution in [0.2, 0.25) is 0 Å². The molecule has 1 atom stereocenters. The van der Waals surface area contributed by atoms with E-state index in [9.17, 15) is 4.79 Å². The van der Waals surface area contributed by atoms with Crippen molar-refractivity contribution in [2.75, 3.05) is 19.8 Å². The summed E-state index contributed by atoms with van der Waals surface area (Å²) in [7, 11) is 0. The monoisotopic (exact) mass is 246 g/mol. The first-order valence-electron chi connectivity index (χ1n) is 5.81. The van der Waals surface area contributed by atoms with Gasteiger partial charge in [0.05, 0.1) is 0 Å². The maximum Gasteiger partial charge on any atom is 0.330 e. The Hall–Kier alpha value is -0.910. The van der Waals surface area contributed by atoms with Crippen molar-refractivity contribution in [3.05, 3.63) is 12.7 Å². The number of hydrogen-bond donors (Lipinski definition) is 0. The quantitative estimate of drug-likeness (QED) is 0.353. The Morgan fingerprint density at radius 1 is 1.18 bits per heavy atom. The Morgan fingerprint density at radius 2 is 1.59 bits per heavy atom. The fraction of sp³-hybridized carbons (Fsp3) is 0.750. The zero-order valence-corrected chi connectivity index (χ0v) is 11.0. The van der Waals surface area contributed by atoms with Gasteiger partial charge in [0, 0.05) is 25.9 Å². The molecule has 0 saturated heterocycles. The van der Waals surface area contributed by atoms with Crippen molar-refractivity contribution < 1.29 is 23.7 Å². The van der Waals surface area contributed by atoms with Crippen LogP contribution in [0.5, 0.6) is 0 Å². The SMILES string of the molecule is C=CC(=O)OC(C)C(OCC)(OCC)OCC. The van der Waals surface area contributed by atoms with Crippen LogP contribution < -0.4 is 0 Å². The van der Waals surface area contributed by atoms with Crippen molar-refractivity contribution in [3.8, 4) is 0 Å². The van der Waals surface area contributed by atoms with Crippen molar-refractivity contribution >= 4 is 5.97 Å². The molecule has 0 rings (SSSR count). The first kappa shape index (κ1) is 16.1. The fourth-order valence-electron chi connectivity index (χ4n) is 1.38. The van der Waals surface area contributed by atoms with E-state index in [1.165, 1.54) is 0 Å². The summed E-state index contributed by atoms with van der Waals surface area (Å²) >= 11 is 0. The molecule has 0 radical (unpaired) electrons. The lowest BCUT2D eigenvalue weighted by atomic mass is 10.3. The molecule has 0 spiro atoms. The van der Waals surface area contributed by atoms with Gasteiger partial charge in [-0.05, 0) is 27.7 Å². The first-order valence-corrected chi connectivity index (χ1v) is 5.81. The van der Waals surface area contributed by atoms with Crippen LogP contribution in [0.4, 0.5) is 0 Å². The van der Waals surface area contributed by atoms with E-state index in [1.54, 1.807) is 6.92 Å². The van der Waals surface area contributed by atoms with E-state index in [4.69, 9.17) is 18.9 Å². The van der Waals surface area contributed by atoms with Gasteiger partial charge in [0.15, 0.2) is 6.10 Å². The summed E-state index contributed by atoms with van der Waals surface area (Å²) < 4.78 is 21.5.